The van der Waals surface area contributed by atoms with Crippen LogP contribution in [0.1, 0.15) is 11.1 Å². The smallest absolute Gasteiger partial charge is 0.383 e. The predicted molar refractivity (Wildman–Crippen MR) is 91.4 cm³/mol. The van der Waals surface area contributed by atoms with E-state index in [1.54, 1.807) is 12.3 Å². The summed E-state index contributed by atoms with van der Waals surface area (Å²) in [7, 11) is 0. The Hall–Kier alpha value is -3.01. The Labute approximate surface area is 149 Å². The molecule has 3 heterocycles. The molecule has 4 rings (SSSR count). The standard InChI is InChI=1S/C16H11F3N6S/c17-16(18,19)10-3-1-9(2-4-10)8-25-13(20)11-7-21-15(22-14(11)23-25)12-5-6-26-24-12/h1-7H,8,20H2. The van der Waals surface area contributed by atoms with Crippen LogP contribution in [0.5, 0.6) is 0 Å². The largest absolute Gasteiger partial charge is 0.416 e. The minimum Gasteiger partial charge on any atom is -0.383 e. The van der Waals surface area contributed by atoms with Gasteiger partial charge < -0.3 is 5.73 Å². The van der Waals surface area contributed by atoms with E-state index in [1.165, 1.54) is 28.3 Å². The third-order valence-electron chi connectivity index (χ3n) is 3.82. The fourth-order valence-electron chi connectivity index (χ4n) is 2.48. The van der Waals surface area contributed by atoms with Crippen LogP contribution in [0.15, 0.2) is 41.9 Å². The van der Waals surface area contributed by atoms with E-state index in [9.17, 15) is 13.2 Å². The molecule has 0 saturated carbocycles. The summed E-state index contributed by atoms with van der Waals surface area (Å²) >= 11 is 1.29. The molecule has 0 aliphatic heterocycles. The number of benzene rings is 1. The fraction of sp³-hybridized carbons (Fsp3) is 0.125. The number of alkyl halides is 3. The Bertz CT molecular complexity index is 1050. The maximum absolute atomic E-state index is 12.6. The van der Waals surface area contributed by atoms with Gasteiger partial charge in [0.1, 0.15) is 11.5 Å². The van der Waals surface area contributed by atoms with E-state index in [2.05, 4.69) is 19.4 Å². The van der Waals surface area contributed by atoms with Gasteiger partial charge in [-0.3, -0.25) is 0 Å². The fourth-order valence-corrected chi connectivity index (χ4v) is 2.99. The number of nitrogens with zero attached hydrogens (tertiary/aromatic N) is 5. The zero-order chi connectivity index (χ0) is 18.3. The van der Waals surface area contributed by atoms with E-state index in [-0.39, 0.29) is 6.54 Å². The van der Waals surface area contributed by atoms with Crippen molar-refractivity contribution in [3.8, 4) is 11.5 Å². The van der Waals surface area contributed by atoms with Crippen molar-refractivity contribution >= 4 is 28.4 Å². The molecule has 0 fully saturated rings. The molecule has 0 saturated heterocycles. The Morgan fingerprint density at radius 1 is 1.12 bits per heavy atom. The molecule has 10 heteroatoms. The second kappa shape index (κ2) is 6.06. The number of aromatic nitrogens is 5. The predicted octanol–water partition coefficient (Wildman–Crippen LogP) is 3.60. The van der Waals surface area contributed by atoms with Crippen molar-refractivity contribution in [2.24, 2.45) is 0 Å². The molecule has 0 aliphatic rings. The first-order chi connectivity index (χ1) is 12.4. The summed E-state index contributed by atoms with van der Waals surface area (Å²) in [5, 5.41) is 6.74. The highest BCUT2D eigenvalue weighted by molar-refractivity contribution is 7.03. The summed E-state index contributed by atoms with van der Waals surface area (Å²) < 4.78 is 43.6. The lowest BCUT2D eigenvalue weighted by atomic mass is 10.1. The van der Waals surface area contributed by atoms with Crippen LogP contribution >= 0.6 is 11.5 Å². The van der Waals surface area contributed by atoms with Gasteiger partial charge in [-0.05, 0) is 35.3 Å². The zero-order valence-electron chi connectivity index (χ0n) is 13.1. The van der Waals surface area contributed by atoms with Crippen molar-refractivity contribution in [2.45, 2.75) is 12.7 Å². The van der Waals surface area contributed by atoms with Crippen molar-refractivity contribution in [1.82, 2.24) is 24.1 Å². The van der Waals surface area contributed by atoms with Gasteiger partial charge >= 0.3 is 6.18 Å². The highest BCUT2D eigenvalue weighted by atomic mass is 32.1. The van der Waals surface area contributed by atoms with Gasteiger partial charge in [-0.2, -0.15) is 17.5 Å². The van der Waals surface area contributed by atoms with Crippen molar-refractivity contribution in [3.63, 3.8) is 0 Å². The van der Waals surface area contributed by atoms with E-state index >= 15 is 0 Å². The lowest BCUT2D eigenvalue weighted by molar-refractivity contribution is -0.137. The van der Waals surface area contributed by atoms with E-state index in [4.69, 9.17) is 5.73 Å². The van der Waals surface area contributed by atoms with Crippen molar-refractivity contribution < 1.29 is 13.2 Å². The first kappa shape index (κ1) is 16.5. The molecule has 1 aromatic carbocycles. The normalized spacial score (nSPS) is 12.0. The lowest BCUT2D eigenvalue weighted by Crippen LogP contribution is -2.07. The monoisotopic (exact) mass is 376 g/mol. The molecule has 0 amide bonds. The molecule has 0 aliphatic carbocycles. The van der Waals surface area contributed by atoms with Crippen molar-refractivity contribution in [3.05, 3.63) is 53.0 Å². The molecule has 132 valence electrons. The van der Waals surface area contributed by atoms with Gasteiger partial charge in [-0.25, -0.2) is 14.6 Å². The molecule has 0 atom stereocenters. The third-order valence-corrected chi connectivity index (χ3v) is 4.38. The maximum Gasteiger partial charge on any atom is 0.416 e. The van der Waals surface area contributed by atoms with Gasteiger partial charge in [-0.15, -0.1) is 5.10 Å². The van der Waals surface area contributed by atoms with Crippen LogP contribution in [0, 0.1) is 0 Å². The number of nitrogens with two attached hydrogens (primary N) is 1. The Morgan fingerprint density at radius 2 is 1.88 bits per heavy atom. The summed E-state index contributed by atoms with van der Waals surface area (Å²) in [6.07, 6.45) is -2.79. The van der Waals surface area contributed by atoms with Crippen LogP contribution in [-0.2, 0) is 12.7 Å². The van der Waals surface area contributed by atoms with Crippen LogP contribution in [0.25, 0.3) is 22.6 Å². The molecule has 4 aromatic rings. The van der Waals surface area contributed by atoms with E-state index < -0.39 is 11.7 Å². The highest BCUT2D eigenvalue weighted by Crippen LogP contribution is 2.29. The van der Waals surface area contributed by atoms with Gasteiger partial charge in [-0.1, -0.05) is 12.1 Å². The second-order valence-corrected chi connectivity index (χ2v) is 6.22. The lowest BCUT2D eigenvalue weighted by Gasteiger charge is -2.08. The first-order valence-electron chi connectivity index (χ1n) is 7.48. The summed E-state index contributed by atoms with van der Waals surface area (Å²) in [4.78, 5) is 8.60. The average Bonchev–Trinajstić information content (AvgIpc) is 3.24. The first-order valence-corrected chi connectivity index (χ1v) is 8.31. The number of hydrogen-bond acceptors (Lipinski definition) is 6. The molecule has 3 aromatic heterocycles. The number of anilines is 1. The van der Waals surface area contributed by atoms with Crippen LogP contribution in [-0.4, -0.2) is 24.1 Å². The van der Waals surface area contributed by atoms with Gasteiger partial charge in [0.25, 0.3) is 0 Å². The Balaban J connectivity index is 1.65. The number of rotatable bonds is 3. The van der Waals surface area contributed by atoms with Gasteiger partial charge in [0.05, 0.1) is 17.5 Å². The highest BCUT2D eigenvalue weighted by Gasteiger charge is 2.29. The minimum absolute atomic E-state index is 0.229. The molecule has 0 unspecified atom stereocenters. The SMILES string of the molecule is Nc1c2cnc(-c3ccsn3)nc2nn1Cc1ccc(C(F)(F)F)cc1. The molecular formula is C16H11F3N6S. The van der Waals surface area contributed by atoms with Crippen LogP contribution in [0.4, 0.5) is 19.0 Å². The molecule has 0 radical (unpaired) electrons. The van der Waals surface area contributed by atoms with E-state index in [0.717, 1.165) is 12.1 Å². The van der Waals surface area contributed by atoms with Gasteiger partial charge in [0.15, 0.2) is 11.5 Å². The molecule has 0 spiro atoms. The molecule has 0 bridgehead atoms. The summed E-state index contributed by atoms with van der Waals surface area (Å²) in [6.45, 7) is 0.229. The third kappa shape index (κ3) is 2.99. The quantitative estimate of drug-likeness (QED) is 0.591. The second-order valence-electron chi connectivity index (χ2n) is 5.55. The van der Waals surface area contributed by atoms with E-state index in [1.807, 2.05) is 5.38 Å². The van der Waals surface area contributed by atoms with Crippen molar-refractivity contribution in [1.29, 1.82) is 0 Å². The minimum atomic E-state index is -4.36. The summed E-state index contributed by atoms with van der Waals surface area (Å²) in [5.74, 6) is 0.794. The molecule has 2 N–H and O–H groups in total. The van der Waals surface area contributed by atoms with Crippen LogP contribution in [0.2, 0.25) is 0 Å². The topological polar surface area (TPSA) is 82.5 Å². The number of halogens is 3. The van der Waals surface area contributed by atoms with Gasteiger partial charge in [0, 0.05) is 11.6 Å². The zero-order valence-corrected chi connectivity index (χ0v) is 13.9. The van der Waals surface area contributed by atoms with Crippen LogP contribution < -0.4 is 5.73 Å². The van der Waals surface area contributed by atoms with E-state index in [0.29, 0.717) is 33.9 Å². The molecule has 6 nitrogen and oxygen atoms in total. The number of fused-ring (bicyclic) bond motifs is 1. The van der Waals surface area contributed by atoms with Crippen molar-refractivity contribution in [2.75, 3.05) is 5.73 Å². The summed E-state index contributed by atoms with van der Waals surface area (Å²) in [5.41, 5.74) is 7.09. The Morgan fingerprint density at radius 3 is 2.54 bits per heavy atom. The number of nitrogen functional groups attached to an aromatic ring is 1. The number of hydrogen-bond donors (Lipinski definition) is 1. The maximum atomic E-state index is 12.6. The molecule has 26 heavy (non-hydrogen) atoms. The van der Waals surface area contributed by atoms with Crippen LogP contribution in [0.3, 0.4) is 0 Å². The molecular weight excluding hydrogens is 365 g/mol. The Kier molecular flexibility index (Phi) is 3.83. The summed E-state index contributed by atoms with van der Waals surface area (Å²) in [6, 6.07) is 6.68. The van der Waals surface area contributed by atoms with Gasteiger partial charge in [0.2, 0.25) is 0 Å². The average molecular weight is 376 g/mol.